The minimum atomic E-state index is -0.133. The van der Waals surface area contributed by atoms with E-state index in [4.69, 9.17) is 4.98 Å². The monoisotopic (exact) mass is 392 g/mol. The second kappa shape index (κ2) is 8.27. The van der Waals surface area contributed by atoms with Gasteiger partial charge >= 0.3 is 0 Å². The third-order valence-corrected chi connectivity index (χ3v) is 4.77. The molecule has 0 atom stereocenters. The van der Waals surface area contributed by atoms with Gasteiger partial charge < -0.3 is 20.9 Å². The Bertz CT molecular complexity index is 1010. The zero-order valence-electron chi connectivity index (χ0n) is 16.5. The van der Waals surface area contributed by atoms with Crippen LogP contribution in [0.4, 0.5) is 17.5 Å². The van der Waals surface area contributed by atoms with E-state index in [1.165, 1.54) is 0 Å². The molecule has 4 rings (SSSR count). The molecule has 150 valence electrons. The molecule has 0 aliphatic carbocycles. The number of pyridine rings is 2. The Kier molecular flexibility index (Phi) is 5.39. The number of amides is 1. The molecule has 0 radical (unpaired) electrons. The summed E-state index contributed by atoms with van der Waals surface area (Å²) in [6, 6.07) is 9.33. The fraction of sp³-hybridized carbons (Fsp3) is 0.300. The lowest BCUT2D eigenvalue weighted by atomic mass is 10.1. The zero-order chi connectivity index (χ0) is 20.2. The Balaban J connectivity index is 1.69. The molecule has 9 nitrogen and oxygen atoms in total. The standard InChI is InChI=1S/C20H24N8O/c1-21-20(29)15-11-16(24-19(13-15)28-9-6-22-7-10-28)14-3-5-23-18(12-14)25-17-4-8-27(2)26-17/h3-5,8,11-13,22H,6-7,9-10H2,1-2H3,(H,21,29)(H,23,25,26). The van der Waals surface area contributed by atoms with Crippen molar-refractivity contribution in [2.24, 2.45) is 7.05 Å². The van der Waals surface area contributed by atoms with Crippen molar-refractivity contribution >= 4 is 23.4 Å². The summed E-state index contributed by atoms with van der Waals surface area (Å²) in [5, 5.41) is 13.6. The highest BCUT2D eigenvalue weighted by molar-refractivity contribution is 5.96. The first kappa shape index (κ1) is 18.9. The maximum atomic E-state index is 12.3. The number of nitrogens with one attached hydrogen (secondary N) is 3. The number of carbonyl (C=O) groups is 1. The third kappa shape index (κ3) is 4.35. The number of carbonyl (C=O) groups excluding carboxylic acids is 1. The molecule has 0 bridgehead atoms. The van der Waals surface area contributed by atoms with Gasteiger partial charge in [-0.25, -0.2) is 9.97 Å². The van der Waals surface area contributed by atoms with Crippen molar-refractivity contribution < 1.29 is 4.79 Å². The van der Waals surface area contributed by atoms with Crippen molar-refractivity contribution in [3.8, 4) is 11.3 Å². The van der Waals surface area contributed by atoms with E-state index in [-0.39, 0.29) is 5.91 Å². The van der Waals surface area contributed by atoms with Crippen LogP contribution in [-0.4, -0.2) is 58.9 Å². The van der Waals surface area contributed by atoms with Crippen LogP contribution >= 0.6 is 0 Å². The number of aryl methyl sites for hydroxylation is 1. The maximum absolute atomic E-state index is 12.3. The van der Waals surface area contributed by atoms with Gasteiger partial charge in [-0.05, 0) is 24.3 Å². The van der Waals surface area contributed by atoms with Crippen LogP contribution < -0.4 is 20.9 Å². The van der Waals surface area contributed by atoms with Gasteiger partial charge in [-0.2, -0.15) is 5.10 Å². The highest BCUT2D eigenvalue weighted by Gasteiger charge is 2.17. The van der Waals surface area contributed by atoms with E-state index in [1.807, 2.05) is 43.6 Å². The van der Waals surface area contributed by atoms with E-state index in [9.17, 15) is 4.79 Å². The summed E-state index contributed by atoms with van der Waals surface area (Å²) >= 11 is 0. The summed E-state index contributed by atoms with van der Waals surface area (Å²) in [6.07, 6.45) is 3.58. The van der Waals surface area contributed by atoms with E-state index in [0.717, 1.165) is 43.3 Å². The van der Waals surface area contributed by atoms with E-state index < -0.39 is 0 Å². The van der Waals surface area contributed by atoms with Crippen molar-refractivity contribution in [2.45, 2.75) is 0 Å². The van der Waals surface area contributed by atoms with Crippen molar-refractivity contribution in [1.82, 2.24) is 30.4 Å². The van der Waals surface area contributed by atoms with Crippen LogP contribution in [0.15, 0.2) is 42.7 Å². The third-order valence-electron chi connectivity index (χ3n) is 4.77. The van der Waals surface area contributed by atoms with Gasteiger partial charge in [0.05, 0.1) is 5.69 Å². The normalized spacial score (nSPS) is 13.9. The molecule has 1 amide bonds. The lowest BCUT2D eigenvalue weighted by Crippen LogP contribution is -2.44. The number of piperazine rings is 1. The van der Waals surface area contributed by atoms with E-state index in [2.05, 4.69) is 30.9 Å². The summed E-state index contributed by atoms with van der Waals surface area (Å²) in [6.45, 7) is 3.50. The number of anilines is 3. The van der Waals surface area contributed by atoms with Crippen molar-refractivity contribution in [1.29, 1.82) is 0 Å². The summed E-state index contributed by atoms with van der Waals surface area (Å²) in [5.41, 5.74) is 2.19. The van der Waals surface area contributed by atoms with Crippen LogP contribution in [0, 0.1) is 0 Å². The molecule has 0 aromatic carbocycles. The first-order chi connectivity index (χ1) is 14.1. The van der Waals surface area contributed by atoms with Crippen LogP contribution in [0.2, 0.25) is 0 Å². The van der Waals surface area contributed by atoms with Gasteiger partial charge in [0.1, 0.15) is 11.6 Å². The second-order valence-corrected chi connectivity index (χ2v) is 6.84. The summed E-state index contributed by atoms with van der Waals surface area (Å²) in [5.74, 6) is 2.05. The van der Waals surface area contributed by atoms with Crippen LogP contribution in [0.25, 0.3) is 11.3 Å². The maximum Gasteiger partial charge on any atom is 0.251 e. The van der Waals surface area contributed by atoms with Gasteiger partial charge in [0.2, 0.25) is 0 Å². The van der Waals surface area contributed by atoms with E-state index in [0.29, 0.717) is 17.2 Å². The quantitative estimate of drug-likeness (QED) is 0.603. The van der Waals surface area contributed by atoms with Crippen LogP contribution in [0.3, 0.4) is 0 Å². The molecule has 9 heteroatoms. The van der Waals surface area contributed by atoms with Gasteiger partial charge in [0.25, 0.3) is 5.91 Å². The van der Waals surface area contributed by atoms with Gasteiger partial charge in [-0.3, -0.25) is 9.48 Å². The highest BCUT2D eigenvalue weighted by atomic mass is 16.1. The molecule has 0 saturated carbocycles. The molecule has 3 N–H and O–H groups in total. The highest BCUT2D eigenvalue weighted by Crippen LogP contribution is 2.25. The van der Waals surface area contributed by atoms with Crippen molar-refractivity contribution in [2.75, 3.05) is 43.4 Å². The summed E-state index contributed by atoms with van der Waals surface area (Å²) < 4.78 is 1.72. The lowest BCUT2D eigenvalue weighted by molar-refractivity contribution is 0.0963. The number of hydrogen-bond donors (Lipinski definition) is 3. The fourth-order valence-corrected chi connectivity index (χ4v) is 3.27. The van der Waals surface area contributed by atoms with Gasteiger partial charge in [-0.1, -0.05) is 0 Å². The molecule has 1 saturated heterocycles. The Morgan fingerprint density at radius 3 is 2.69 bits per heavy atom. The van der Waals surface area contributed by atoms with Gasteiger partial charge in [-0.15, -0.1) is 0 Å². The predicted molar refractivity (Wildman–Crippen MR) is 112 cm³/mol. The molecule has 29 heavy (non-hydrogen) atoms. The first-order valence-corrected chi connectivity index (χ1v) is 9.55. The number of hydrogen-bond acceptors (Lipinski definition) is 7. The zero-order valence-corrected chi connectivity index (χ0v) is 16.5. The smallest absolute Gasteiger partial charge is 0.251 e. The SMILES string of the molecule is CNC(=O)c1cc(-c2ccnc(Nc3ccn(C)n3)c2)nc(N2CCNCC2)c1. The average Bonchev–Trinajstić information content (AvgIpc) is 3.18. The molecule has 1 aliphatic rings. The van der Waals surface area contributed by atoms with E-state index >= 15 is 0 Å². The molecule has 3 aromatic rings. The molecule has 0 unspecified atom stereocenters. The molecule has 4 heterocycles. The molecule has 1 aliphatic heterocycles. The van der Waals surface area contributed by atoms with Gasteiger partial charge in [0, 0.05) is 69.9 Å². The molecular weight excluding hydrogens is 368 g/mol. The Morgan fingerprint density at radius 1 is 1.14 bits per heavy atom. The topological polar surface area (TPSA) is 100 Å². The number of nitrogens with zero attached hydrogens (tertiary/aromatic N) is 5. The van der Waals surface area contributed by atoms with Crippen LogP contribution in [0.5, 0.6) is 0 Å². The lowest BCUT2D eigenvalue weighted by Gasteiger charge is -2.29. The second-order valence-electron chi connectivity index (χ2n) is 6.84. The number of rotatable bonds is 5. The van der Waals surface area contributed by atoms with Crippen LogP contribution in [0.1, 0.15) is 10.4 Å². The van der Waals surface area contributed by atoms with Gasteiger partial charge in [0.15, 0.2) is 5.82 Å². The Labute approximate surface area is 169 Å². The van der Waals surface area contributed by atoms with Crippen molar-refractivity contribution in [3.05, 3.63) is 48.3 Å². The van der Waals surface area contributed by atoms with E-state index in [1.54, 1.807) is 17.9 Å². The Hall–Kier alpha value is -3.46. The van der Waals surface area contributed by atoms with Crippen LogP contribution in [-0.2, 0) is 7.05 Å². The summed E-state index contributed by atoms with van der Waals surface area (Å²) in [4.78, 5) is 23.7. The minimum Gasteiger partial charge on any atom is -0.355 e. The molecule has 1 fully saturated rings. The molecule has 0 spiro atoms. The average molecular weight is 392 g/mol. The summed E-state index contributed by atoms with van der Waals surface area (Å²) in [7, 11) is 3.50. The fourth-order valence-electron chi connectivity index (χ4n) is 3.27. The largest absolute Gasteiger partial charge is 0.355 e. The minimum absolute atomic E-state index is 0.133. The predicted octanol–water partition coefficient (Wildman–Crippen LogP) is 1.39. The first-order valence-electron chi connectivity index (χ1n) is 9.55. The molecule has 3 aromatic heterocycles. The number of aromatic nitrogens is 4. The van der Waals surface area contributed by atoms with Crippen molar-refractivity contribution in [3.63, 3.8) is 0 Å². The molecular formula is C20H24N8O. The Morgan fingerprint density at radius 2 is 1.97 bits per heavy atom.